The second-order valence-electron chi connectivity index (χ2n) is 3.41. The van der Waals surface area contributed by atoms with Crippen LogP contribution in [0.4, 0.5) is 0 Å². The summed E-state index contributed by atoms with van der Waals surface area (Å²) in [6, 6.07) is 7.89. The predicted octanol–water partition coefficient (Wildman–Crippen LogP) is 2.39. The quantitative estimate of drug-likeness (QED) is 0.718. The van der Waals surface area contributed by atoms with E-state index in [1.807, 2.05) is 30.5 Å². The van der Waals surface area contributed by atoms with Crippen molar-refractivity contribution in [1.29, 1.82) is 0 Å². The standard InChI is InChI=1S/C11H13NO2/c1-8-7-12-14-11(8)9-3-5-10(13-2)6-4-9/h3-8,11H,1-2H3. The molecule has 0 radical (unpaired) electrons. The molecular formula is C11H13NO2. The molecule has 2 atom stereocenters. The lowest BCUT2D eigenvalue weighted by molar-refractivity contribution is 0.0652. The van der Waals surface area contributed by atoms with Gasteiger partial charge in [0.2, 0.25) is 0 Å². The maximum atomic E-state index is 5.25. The molecule has 0 amide bonds. The molecule has 2 unspecified atom stereocenters. The summed E-state index contributed by atoms with van der Waals surface area (Å²) in [7, 11) is 1.66. The molecule has 1 aliphatic rings. The Labute approximate surface area is 83.3 Å². The number of nitrogens with zero attached hydrogens (tertiary/aromatic N) is 1. The van der Waals surface area contributed by atoms with E-state index in [1.54, 1.807) is 7.11 Å². The molecule has 0 saturated heterocycles. The Morgan fingerprint density at radius 2 is 2.00 bits per heavy atom. The Morgan fingerprint density at radius 3 is 2.50 bits per heavy atom. The first-order valence-corrected chi connectivity index (χ1v) is 4.64. The van der Waals surface area contributed by atoms with E-state index in [2.05, 4.69) is 12.1 Å². The molecule has 74 valence electrons. The average molecular weight is 191 g/mol. The highest BCUT2D eigenvalue weighted by Gasteiger charge is 2.23. The summed E-state index contributed by atoms with van der Waals surface area (Å²) in [6.45, 7) is 2.09. The largest absolute Gasteiger partial charge is 0.497 e. The van der Waals surface area contributed by atoms with Crippen LogP contribution < -0.4 is 4.74 Å². The van der Waals surface area contributed by atoms with E-state index in [-0.39, 0.29) is 6.10 Å². The minimum absolute atomic E-state index is 0.0564. The molecule has 3 nitrogen and oxygen atoms in total. The van der Waals surface area contributed by atoms with Crippen molar-refractivity contribution in [3.8, 4) is 5.75 Å². The summed E-state index contributed by atoms with van der Waals surface area (Å²) in [5.41, 5.74) is 1.14. The molecule has 0 fully saturated rings. The van der Waals surface area contributed by atoms with Crippen molar-refractivity contribution in [2.45, 2.75) is 13.0 Å². The number of hydrogen-bond donors (Lipinski definition) is 0. The third kappa shape index (κ3) is 1.58. The Hall–Kier alpha value is -1.51. The maximum absolute atomic E-state index is 5.25. The zero-order chi connectivity index (χ0) is 9.97. The van der Waals surface area contributed by atoms with Crippen molar-refractivity contribution < 1.29 is 9.57 Å². The van der Waals surface area contributed by atoms with Gasteiger partial charge in [0, 0.05) is 5.92 Å². The first kappa shape index (κ1) is 9.06. The van der Waals surface area contributed by atoms with E-state index in [0.29, 0.717) is 5.92 Å². The number of oxime groups is 1. The van der Waals surface area contributed by atoms with Crippen LogP contribution in [0.5, 0.6) is 5.75 Å². The molecule has 1 aliphatic heterocycles. The monoisotopic (exact) mass is 191 g/mol. The molecule has 1 aromatic carbocycles. The van der Waals surface area contributed by atoms with Gasteiger partial charge in [0.25, 0.3) is 0 Å². The van der Waals surface area contributed by atoms with Crippen LogP contribution in [-0.2, 0) is 4.84 Å². The minimum atomic E-state index is 0.0564. The lowest BCUT2D eigenvalue weighted by atomic mass is 9.99. The van der Waals surface area contributed by atoms with Crippen molar-refractivity contribution in [2.24, 2.45) is 11.1 Å². The van der Waals surface area contributed by atoms with Crippen molar-refractivity contribution in [3.05, 3.63) is 29.8 Å². The first-order chi connectivity index (χ1) is 6.81. The summed E-state index contributed by atoms with van der Waals surface area (Å²) >= 11 is 0. The van der Waals surface area contributed by atoms with Gasteiger partial charge in [-0.2, -0.15) is 0 Å². The van der Waals surface area contributed by atoms with Gasteiger partial charge in [0.15, 0.2) is 6.10 Å². The fourth-order valence-electron chi connectivity index (χ4n) is 1.53. The van der Waals surface area contributed by atoms with E-state index < -0.39 is 0 Å². The van der Waals surface area contributed by atoms with Crippen LogP contribution >= 0.6 is 0 Å². The Kier molecular flexibility index (Phi) is 2.39. The topological polar surface area (TPSA) is 30.8 Å². The summed E-state index contributed by atoms with van der Waals surface area (Å²) in [5, 5.41) is 3.81. The molecule has 14 heavy (non-hydrogen) atoms. The van der Waals surface area contributed by atoms with Gasteiger partial charge in [-0.05, 0) is 17.7 Å². The van der Waals surface area contributed by atoms with Gasteiger partial charge >= 0.3 is 0 Å². The smallest absolute Gasteiger partial charge is 0.160 e. The van der Waals surface area contributed by atoms with E-state index in [4.69, 9.17) is 9.57 Å². The van der Waals surface area contributed by atoms with E-state index >= 15 is 0 Å². The van der Waals surface area contributed by atoms with Gasteiger partial charge in [-0.3, -0.25) is 0 Å². The molecule has 3 heteroatoms. The highest BCUT2D eigenvalue weighted by molar-refractivity contribution is 5.62. The fraction of sp³-hybridized carbons (Fsp3) is 0.364. The van der Waals surface area contributed by atoms with Gasteiger partial charge in [0.05, 0.1) is 13.3 Å². The highest BCUT2D eigenvalue weighted by Crippen LogP contribution is 2.30. The zero-order valence-corrected chi connectivity index (χ0v) is 8.31. The molecule has 0 aliphatic carbocycles. The fourth-order valence-corrected chi connectivity index (χ4v) is 1.53. The predicted molar refractivity (Wildman–Crippen MR) is 54.5 cm³/mol. The van der Waals surface area contributed by atoms with Gasteiger partial charge in [-0.15, -0.1) is 0 Å². The minimum Gasteiger partial charge on any atom is -0.497 e. The van der Waals surface area contributed by atoms with Crippen molar-refractivity contribution in [3.63, 3.8) is 0 Å². The van der Waals surface area contributed by atoms with Gasteiger partial charge < -0.3 is 9.57 Å². The van der Waals surface area contributed by atoms with Crippen LogP contribution in [0.25, 0.3) is 0 Å². The molecular weight excluding hydrogens is 178 g/mol. The Balaban J connectivity index is 2.17. The van der Waals surface area contributed by atoms with Crippen molar-refractivity contribution >= 4 is 6.21 Å². The summed E-state index contributed by atoms with van der Waals surface area (Å²) in [5.74, 6) is 1.20. The van der Waals surface area contributed by atoms with Crippen molar-refractivity contribution in [2.75, 3.05) is 7.11 Å². The third-order valence-corrected chi connectivity index (χ3v) is 2.39. The molecule has 0 aromatic heterocycles. The maximum Gasteiger partial charge on any atom is 0.160 e. The molecule has 0 N–H and O–H groups in total. The number of ether oxygens (including phenoxy) is 1. The van der Waals surface area contributed by atoms with E-state index in [9.17, 15) is 0 Å². The molecule has 0 bridgehead atoms. The van der Waals surface area contributed by atoms with Gasteiger partial charge in [-0.1, -0.05) is 24.2 Å². The van der Waals surface area contributed by atoms with Crippen LogP contribution in [0.3, 0.4) is 0 Å². The van der Waals surface area contributed by atoms with Crippen LogP contribution in [0.15, 0.2) is 29.4 Å². The number of rotatable bonds is 2. The normalized spacial score (nSPS) is 24.7. The molecule has 0 saturated carbocycles. The van der Waals surface area contributed by atoms with Gasteiger partial charge in [-0.25, -0.2) is 0 Å². The molecule has 1 aromatic rings. The van der Waals surface area contributed by atoms with Crippen LogP contribution in [0.2, 0.25) is 0 Å². The SMILES string of the molecule is COc1ccc(C2ON=CC2C)cc1. The molecule has 0 spiro atoms. The second-order valence-corrected chi connectivity index (χ2v) is 3.41. The molecule has 2 rings (SSSR count). The summed E-state index contributed by atoms with van der Waals surface area (Å²) in [4.78, 5) is 5.25. The lowest BCUT2D eigenvalue weighted by Gasteiger charge is -2.13. The number of methoxy groups -OCH3 is 1. The van der Waals surface area contributed by atoms with Crippen LogP contribution in [0.1, 0.15) is 18.6 Å². The Morgan fingerprint density at radius 1 is 1.29 bits per heavy atom. The van der Waals surface area contributed by atoms with E-state index in [1.165, 1.54) is 0 Å². The third-order valence-electron chi connectivity index (χ3n) is 2.39. The molecule has 1 heterocycles. The highest BCUT2D eigenvalue weighted by atomic mass is 16.6. The van der Waals surface area contributed by atoms with E-state index in [0.717, 1.165) is 11.3 Å². The first-order valence-electron chi connectivity index (χ1n) is 4.64. The van der Waals surface area contributed by atoms with Crippen LogP contribution in [0, 0.1) is 5.92 Å². The van der Waals surface area contributed by atoms with Crippen LogP contribution in [-0.4, -0.2) is 13.3 Å². The lowest BCUT2D eigenvalue weighted by Crippen LogP contribution is -2.06. The Bertz CT molecular complexity index is 332. The van der Waals surface area contributed by atoms with Gasteiger partial charge in [0.1, 0.15) is 5.75 Å². The van der Waals surface area contributed by atoms with Crippen molar-refractivity contribution in [1.82, 2.24) is 0 Å². The summed E-state index contributed by atoms with van der Waals surface area (Å²) in [6.07, 6.45) is 1.88. The zero-order valence-electron chi connectivity index (χ0n) is 8.31. The second kappa shape index (κ2) is 3.70. The average Bonchev–Trinajstić information content (AvgIpc) is 2.65. The summed E-state index contributed by atoms with van der Waals surface area (Å²) < 4.78 is 5.09. The number of hydrogen-bond acceptors (Lipinski definition) is 3. The number of benzene rings is 1.